The molecule has 2 aromatic carbocycles. The van der Waals surface area contributed by atoms with Crippen LogP contribution in [0, 0.1) is 18.3 Å². The maximum absolute atomic E-state index is 13.4. The molecule has 7 nitrogen and oxygen atoms in total. The van der Waals surface area contributed by atoms with Crippen LogP contribution in [-0.4, -0.2) is 11.9 Å². The van der Waals surface area contributed by atoms with Gasteiger partial charge in [0.1, 0.15) is 29.6 Å². The van der Waals surface area contributed by atoms with Crippen molar-refractivity contribution in [2.75, 3.05) is 5.32 Å². The molecule has 2 aromatic rings. The normalized spacial score (nSPS) is 19.8. The Hall–Kier alpha value is -4.05. The number of hydrogen-bond acceptors (Lipinski definition) is 6. The Labute approximate surface area is 173 Å². The highest BCUT2D eigenvalue weighted by Crippen LogP contribution is 2.53. The van der Waals surface area contributed by atoms with Crippen LogP contribution in [0.3, 0.4) is 0 Å². The van der Waals surface area contributed by atoms with Gasteiger partial charge in [0.25, 0.3) is 0 Å². The third-order valence-electron chi connectivity index (χ3n) is 5.38. The molecule has 30 heavy (non-hydrogen) atoms. The highest BCUT2D eigenvalue weighted by Gasteiger charge is 2.60. The summed E-state index contributed by atoms with van der Waals surface area (Å²) in [5.74, 6) is -1.37. The van der Waals surface area contributed by atoms with Crippen LogP contribution in [0.2, 0.25) is 0 Å². The summed E-state index contributed by atoms with van der Waals surface area (Å²) in [6, 6.07) is 16.5. The lowest BCUT2D eigenvalue weighted by molar-refractivity contribution is -0.142. The molecule has 0 aromatic heterocycles. The van der Waals surface area contributed by atoms with Crippen molar-refractivity contribution >= 4 is 17.6 Å². The Morgan fingerprint density at radius 1 is 1.20 bits per heavy atom. The molecule has 1 atom stereocenters. The van der Waals surface area contributed by atoms with E-state index < -0.39 is 17.3 Å². The zero-order valence-electron chi connectivity index (χ0n) is 16.5. The van der Waals surface area contributed by atoms with Crippen LogP contribution in [0.1, 0.15) is 23.6 Å². The van der Waals surface area contributed by atoms with Gasteiger partial charge >= 0.3 is 5.97 Å². The maximum atomic E-state index is 13.4. The second kappa shape index (κ2) is 7.08. The van der Waals surface area contributed by atoms with E-state index in [4.69, 9.17) is 15.2 Å². The van der Waals surface area contributed by atoms with E-state index in [1.54, 1.807) is 12.1 Å². The average Bonchev–Trinajstić information content (AvgIpc) is 3.00. The summed E-state index contributed by atoms with van der Waals surface area (Å²) in [7, 11) is 0. The number of allylic oxidation sites excluding steroid dienone is 1. The van der Waals surface area contributed by atoms with Gasteiger partial charge in [-0.05, 0) is 31.0 Å². The topological polar surface area (TPSA) is 114 Å². The first kappa shape index (κ1) is 19.3. The highest BCUT2D eigenvalue weighted by atomic mass is 16.5. The molecule has 3 N–H and O–H groups in total. The van der Waals surface area contributed by atoms with Crippen LogP contribution in [-0.2, 0) is 31.1 Å². The molecule has 1 amide bonds. The fraction of sp³-hybridized carbons (Fsp3) is 0.174. The fourth-order valence-electron chi connectivity index (χ4n) is 4.15. The molecule has 7 heteroatoms. The molecule has 0 unspecified atom stereocenters. The van der Waals surface area contributed by atoms with E-state index in [2.05, 4.69) is 5.32 Å². The van der Waals surface area contributed by atoms with E-state index in [9.17, 15) is 14.9 Å². The number of amides is 1. The van der Waals surface area contributed by atoms with Crippen molar-refractivity contribution in [1.82, 2.24) is 0 Å². The van der Waals surface area contributed by atoms with E-state index >= 15 is 0 Å². The molecule has 2 aliphatic heterocycles. The van der Waals surface area contributed by atoms with Gasteiger partial charge in [-0.25, -0.2) is 4.79 Å². The number of carbonyl (C=O) groups excluding carboxylic acids is 2. The number of nitrogens with one attached hydrogen (secondary N) is 1. The van der Waals surface area contributed by atoms with Crippen molar-refractivity contribution in [1.29, 1.82) is 5.26 Å². The second-order valence-electron chi connectivity index (χ2n) is 7.15. The van der Waals surface area contributed by atoms with Crippen molar-refractivity contribution in [2.45, 2.75) is 25.9 Å². The van der Waals surface area contributed by atoms with Crippen molar-refractivity contribution in [3.8, 4) is 6.07 Å². The van der Waals surface area contributed by atoms with Gasteiger partial charge in [0.05, 0.1) is 0 Å². The molecule has 150 valence electrons. The largest absolute Gasteiger partial charge is 0.457 e. The third-order valence-corrected chi connectivity index (χ3v) is 5.38. The average molecular weight is 401 g/mol. The zero-order chi connectivity index (χ0) is 21.5. The quantitative estimate of drug-likeness (QED) is 0.765. The van der Waals surface area contributed by atoms with Crippen LogP contribution in [0.15, 0.2) is 71.3 Å². The molecule has 4 rings (SSSR count). The first-order valence-electron chi connectivity index (χ1n) is 9.33. The number of aryl methyl sites for hydroxylation is 1. The number of hydrogen-bond donors (Lipinski definition) is 2. The number of carbonyl (C=O) groups is 2. The predicted molar refractivity (Wildman–Crippen MR) is 108 cm³/mol. The van der Waals surface area contributed by atoms with Crippen molar-refractivity contribution in [3.05, 3.63) is 88.0 Å². The minimum absolute atomic E-state index is 0.00979. The number of esters is 1. The van der Waals surface area contributed by atoms with Gasteiger partial charge in [-0.1, -0.05) is 42.5 Å². The first-order valence-corrected chi connectivity index (χ1v) is 9.33. The van der Waals surface area contributed by atoms with E-state index in [0.29, 0.717) is 11.3 Å². The van der Waals surface area contributed by atoms with Crippen LogP contribution < -0.4 is 11.1 Å². The van der Waals surface area contributed by atoms with E-state index in [1.807, 2.05) is 49.4 Å². The van der Waals surface area contributed by atoms with Gasteiger partial charge in [0.15, 0.2) is 5.41 Å². The molecular formula is C23H19N3O4. The Morgan fingerprint density at radius 2 is 1.93 bits per heavy atom. The zero-order valence-corrected chi connectivity index (χ0v) is 16.5. The Kier molecular flexibility index (Phi) is 4.55. The lowest BCUT2D eigenvalue weighted by Crippen LogP contribution is -2.46. The number of rotatable bonds is 3. The van der Waals surface area contributed by atoms with Crippen molar-refractivity contribution < 1.29 is 19.1 Å². The van der Waals surface area contributed by atoms with Crippen LogP contribution in [0.25, 0.3) is 0 Å². The van der Waals surface area contributed by atoms with Crippen LogP contribution in [0.5, 0.6) is 0 Å². The molecule has 0 saturated carbocycles. The molecule has 0 saturated heterocycles. The number of ether oxygens (including phenoxy) is 2. The van der Waals surface area contributed by atoms with Gasteiger partial charge in [0, 0.05) is 11.3 Å². The lowest BCUT2D eigenvalue weighted by atomic mass is 9.67. The van der Waals surface area contributed by atoms with Crippen LogP contribution in [0.4, 0.5) is 5.69 Å². The summed E-state index contributed by atoms with van der Waals surface area (Å²) in [5, 5.41) is 12.7. The summed E-state index contributed by atoms with van der Waals surface area (Å²) in [6.07, 6.45) is 0. The van der Waals surface area contributed by atoms with Gasteiger partial charge in [-0.2, -0.15) is 5.26 Å². The molecule has 2 heterocycles. The molecule has 2 aliphatic rings. The number of nitrogens with two attached hydrogens (primary N) is 1. The molecule has 0 aliphatic carbocycles. The highest BCUT2D eigenvalue weighted by molar-refractivity contribution is 6.17. The number of nitrogens with zero attached hydrogens (tertiary/aromatic N) is 1. The van der Waals surface area contributed by atoms with Gasteiger partial charge in [0.2, 0.25) is 11.8 Å². The smallest absolute Gasteiger partial charge is 0.339 e. The van der Waals surface area contributed by atoms with Gasteiger partial charge < -0.3 is 20.5 Å². The van der Waals surface area contributed by atoms with E-state index in [-0.39, 0.29) is 29.4 Å². The number of fused-ring (bicyclic) bond motifs is 2. The maximum Gasteiger partial charge on any atom is 0.339 e. The van der Waals surface area contributed by atoms with Gasteiger partial charge in [-0.3, -0.25) is 4.79 Å². The fourth-order valence-corrected chi connectivity index (χ4v) is 4.15. The SMILES string of the molecule is CC1=C(C(=O)OCc2ccccc2)[C@]2(C(=O)Nc3cccc(C)c32)C(C#N)=C(N)O1. The lowest BCUT2D eigenvalue weighted by Gasteiger charge is -2.34. The molecule has 1 spiro atoms. The second-order valence-corrected chi connectivity index (χ2v) is 7.15. The molecule has 0 bridgehead atoms. The monoisotopic (exact) mass is 401 g/mol. The third kappa shape index (κ3) is 2.65. The summed E-state index contributed by atoms with van der Waals surface area (Å²) >= 11 is 0. The standard InChI is InChI=1S/C23H19N3O4/c1-13-7-6-10-17-18(13)23(22(28)26-17)16(11-24)20(25)30-14(2)19(23)21(27)29-12-15-8-4-3-5-9-15/h3-10H,12,25H2,1-2H3,(H,26,28)/t23-/m0/s1. The number of anilines is 1. The molecule has 0 radical (unpaired) electrons. The molecular weight excluding hydrogens is 382 g/mol. The van der Waals surface area contributed by atoms with E-state index in [0.717, 1.165) is 11.1 Å². The van der Waals surface area contributed by atoms with E-state index in [1.165, 1.54) is 6.92 Å². The molecule has 0 fully saturated rings. The Morgan fingerprint density at radius 3 is 2.63 bits per heavy atom. The summed E-state index contributed by atoms with van der Waals surface area (Å²) in [5.41, 5.74) is 6.63. The minimum atomic E-state index is -1.73. The summed E-state index contributed by atoms with van der Waals surface area (Å²) < 4.78 is 11.0. The summed E-state index contributed by atoms with van der Waals surface area (Å²) in [6.45, 7) is 3.35. The van der Waals surface area contributed by atoms with Crippen molar-refractivity contribution in [3.63, 3.8) is 0 Å². The predicted octanol–water partition coefficient (Wildman–Crippen LogP) is 2.93. The van der Waals surface area contributed by atoms with Gasteiger partial charge in [-0.15, -0.1) is 0 Å². The number of benzene rings is 2. The Bertz CT molecular complexity index is 1170. The summed E-state index contributed by atoms with van der Waals surface area (Å²) in [4.78, 5) is 26.6. The van der Waals surface area contributed by atoms with Crippen LogP contribution >= 0.6 is 0 Å². The number of nitriles is 1. The Balaban J connectivity index is 1.88. The minimum Gasteiger partial charge on any atom is -0.457 e. The van der Waals surface area contributed by atoms with Crippen molar-refractivity contribution in [2.24, 2.45) is 5.73 Å². The first-order chi connectivity index (χ1) is 14.4.